The second-order valence-corrected chi connectivity index (χ2v) is 12.7. The number of amides is 1. The Morgan fingerprint density at radius 1 is 1.10 bits per heavy atom. The van der Waals surface area contributed by atoms with E-state index in [2.05, 4.69) is 14.6 Å². The van der Waals surface area contributed by atoms with E-state index in [1.54, 1.807) is 36.4 Å². The van der Waals surface area contributed by atoms with E-state index >= 15 is 0 Å². The molecular formula is C29H35N7O4S. The maximum Gasteiger partial charge on any atom is 0.283 e. The number of nitrogens with zero attached hydrogens (tertiary/aromatic N) is 6. The fourth-order valence-electron chi connectivity index (χ4n) is 5.66. The number of imidazole rings is 1. The molecule has 1 aliphatic heterocycles. The number of sulfonamides is 1. The van der Waals surface area contributed by atoms with Crippen molar-refractivity contribution in [2.75, 3.05) is 31.7 Å². The van der Waals surface area contributed by atoms with Crippen molar-refractivity contribution < 1.29 is 17.9 Å². The van der Waals surface area contributed by atoms with Gasteiger partial charge in [0.1, 0.15) is 11.5 Å². The largest absolute Gasteiger partial charge is 0.384 e. The molecule has 1 saturated carbocycles. The number of aromatic nitrogens is 5. The van der Waals surface area contributed by atoms with Crippen LogP contribution in [0.25, 0.3) is 16.7 Å². The van der Waals surface area contributed by atoms with Gasteiger partial charge < -0.3 is 14.2 Å². The Labute approximate surface area is 239 Å². The van der Waals surface area contributed by atoms with Gasteiger partial charge in [-0.2, -0.15) is 13.5 Å². The Morgan fingerprint density at radius 2 is 1.83 bits per heavy atom. The lowest BCUT2D eigenvalue weighted by Crippen LogP contribution is -2.36. The fraction of sp³-hybridized carbons (Fsp3) is 0.448. The molecule has 1 N–H and O–H groups in total. The van der Waals surface area contributed by atoms with Crippen molar-refractivity contribution in [3.05, 3.63) is 59.8 Å². The zero-order valence-corrected chi connectivity index (χ0v) is 24.4. The highest BCUT2D eigenvalue weighted by molar-refractivity contribution is 7.90. The second kappa shape index (κ2) is 10.9. The van der Waals surface area contributed by atoms with Crippen LogP contribution in [0.4, 0.5) is 5.69 Å². The van der Waals surface area contributed by atoms with Gasteiger partial charge in [0.15, 0.2) is 10.7 Å². The molecule has 6 rings (SSSR count). The summed E-state index contributed by atoms with van der Waals surface area (Å²) < 4.78 is 37.1. The van der Waals surface area contributed by atoms with Crippen LogP contribution in [-0.4, -0.2) is 65.4 Å². The van der Waals surface area contributed by atoms with Crippen LogP contribution in [-0.2, 0) is 21.8 Å². The number of rotatable bonds is 8. The summed E-state index contributed by atoms with van der Waals surface area (Å²) in [7, 11) is -0.772. The third kappa shape index (κ3) is 5.21. The number of piperidine rings is 1. The summed E-state index contributed by atoms with van der Waals surface area (Å²) in [5.41, 5.74) is 3.24. The van der Waals surface area contributed by atoms with Gasteiger partial charge in [-0.1, -0.05) is 24.6 Å². The molecule has 2 aliphatic rings. The summed E-state index contributed by atoms with van der Waals surface area (Å²) in [5, 5.41) is 5.78. The van der Waals surface area contributed by atoms with Gasteiger partial charge in [-0.3, -0.25) is 4.79 Å². The molecule has 4 aromatic rings. The Balaban J connectivity index is 1.47. The van der Waals surface area contributed by atoms with Crippen molar-refractivity contribution in [2.45, 2.75) is 50.0 Å². The second-order valence-electron chi connectivity index (χ2n) is 11.0. The molecule has 0 unspecified atom stereocenters. The Hall–Kier alpha value is -3.77. The summed E-state index contributed by atoms with van der Waals surface area (Å²) in [4.78, 5) is 24.7. The van der Waals surface area contributed by atoms with E-state index in [1.165, 1.54) is 6.20 Å². The zero-order chi connectivity index (χ0) is 28.7. The number of pyridine rings is 1. The number of benzene rings is 1. The Morgan fingerprint density at radius 3 is 2.44 bits per heavy atom. The molecule has 0 bridgehead atoms. The first-order valence-corrected chi connectivity index (χ1v) is 15.5. The standard InChI is InChI=1S/C29H35N7O4S/c1-19-30-25(17-34(19)2)41(38,39)33-29(37)23-16-24(35-14-12-20(13-15-35)18-40-3)26-27(21-8-7-9-21)32-36(28(26)31-23)22-10-5-4-6-11-22/h4-6,10-11,16-17,20-21H,7-9,12-15,18H2,1-3H3,(H,33,37). The van der Waals surface area contributed by atoms with E-state index < -0.39 is 15.9 Å². The molecule has 0 atom stereocenters. The minimum Gasteiger partial charge on any atom is -0.384 e. The predicted octanol–water partition coefficient (Wildman–Crippen LogP) is 3.71. The molecule has 12 heteroatoms. The van der Waals surface area contributed by atoms with Crippen LogP contribution in [0.5, 0.6) is 0 Å². The van der Waals surface area contributed by atoms with Crippen LogP contribution in [0.15, 0.2) is 47.6 Å². The summed E-state index contributed by atoms with van der Waals surface area (Å²) in [6, 6.07) is 11.4. The van der Waals surface area contributed by atoms with E-state index in [9.17, 15) is 13.2 Å². The van der Waals surface area contributed by atoms with Gasteiger partial charge in [0.25, 0.3) is 15.9 Å². The van der Waals surface area contributed by atoms with Crippen LogP contribution < -0.4 is 9.62 Å². The monoisotopic (exact) mass is 577 g/mol. The third-order valence-corrected chi connectivity index (χ3v) is 9.52. The van der Waals surface area contributed by atoms with Gasteiger partial charge in [0, 0.05) is 46.0 Å². The number of carbonyl (C=O) groups excluding carboxylic acids is 1. The molecule has 216 valence electrons. The maximum atomic E-state index is 13.5. The van der Waals surface area contributed by atoms with Gasteiger partial charge >= 0.3 is 0 Å². The third-order valence-electron chi connectivity index (χ3n) is 8.32. The van der Waals surface area contributed by atoms with Crippen molar-refractivity contribution in [1.29, 1.82) is 0 Å². The fourth-order valence-corrected chi connectivity index (χ4v) is 6.67. The molecule has 0 radical (unpaired) electrons. The van der Waals surface area contributed by atoms with Gasteiger partial charge in [0.2, 0.25) is 0 Å². The summed E-state index contributed by atoms with van der Waals surface area (Å²) in [6.07, 6.45) is 6.56. The number of hydrogen-bond acceptors (Lipinski definition) is 8. The van der Waals surface area contributed by atoms with Gasteiger partial charge in [-0.25, -0.2) is 19.4 Å². The van der Waals surface area contributed by atoms with Crippen LogP contribution in [0.2, 0.25) is 0 Å². The number of para-hydroxylation sites is 1. The lowest BCUT2D eigenvalue weighted by molar-refractivity contribution is 0.0976. The van der Waals surface area contributed by atoms with Crippen LogP contribution in [0, 0.1) is 12.8 Å². The number of hydrogen-bond donors (Lipinski definition) is 1. The molecule has 1 saturated heterocycles. The minimum absolute atomic E-state index is 0.0139. The molecule has 1 amide bonds. The Kier molecular flexibility index (Phi) is 7.28. The lowest BCUT2D eigenvalue weighted by atomic mass is 9.82. The normalized spacial score (nSPS) is 16.7. The number of ether oxygens (including phenoxy) is 1. The van der Waals surface area contributed by atoms with E-state index in [-0.39, 0.29) is 10.7 Å². The SMILES string of the molecule is COCC1CCN(c2cc(C(=O)NS(=O)(=O)c3cn(C)c(C)n3)nc3c2c(C2CCC2)nn3-c2ccccc2)CC1. The molecule has 3 aromatic heterocycles. The smallest absolute Gasteiger partial charge is 0.283 e. The van der Waals surface area contributed by atoms with Crippen molar-refractivity contribution in [1.82, 2.24) is 29.0 Å². The predicted molar refractivity (Wildman–Crippen MR) is 155 cm³/mol. The Bertz CT molecular complexity index is 1670. The first-order chi connectivity index (χ1) is 19.7. The molecule has 1 aromatic carbocycles. The molecule has 11 nitrogen and oxygen atoms in total. The van der Waals surface area contributed by atoms with Crippen molar-refractivity contribution in [2.24, 2.45) is 13.0 Å². The van der Waals surface area contributed by atoms with Gasteiger partial charge in [0.05, 0.1) is 22.5 Å². The number of nitrogens with one attached hydrogen (secondary N) is 1. The summed E-state index contributed by atoms with van der Waals surface area (Å²) in [5.74, 6) is 0.506. The number of fused-ring (bicyclic) bond motifs is 1. The number of carbonyl (C=O) groups is 1. The highest BCUT2D eigenvalue weighted by Gasteiger charge is 2.32. The van der Waals surface area contributed by atoms with Crippen molar-refractivity contribution in [3.8, 4) is 5.69 Å². The number of anilines is 1. The molecular weight excluding hydrogens is 542 g/mol. The number of aryl methyl sites for hydroxylation is 2. The van der Waals surface area contributed by atoms with Crippen molar-refractivity contribution in [3.63, 3.8) is 0 Å². The van der Waals surface area contributed by atoms with Crippen LogP contribution in [0.1, 0.15) is 60.0 Å². The van der Waals surface area contributed by atoms with E-state index in [0.29, 0.717) is 23.3 Å². The topological polar surface area (TPSA) is 124 Å². The van der Waals surface area contributed by atoms with Gasteiger partial charge in [-0.15, -0.1) is 0 Å². The highest BCUT2D eigenvalue weighted by Crippen LogP contribution is 2.43. The maximum absolute atomic E-state index is 13.5. The van der Waals surface area contributed by atoms with Crippen LogP contribution in [0.3, 0.4) is 0 Å². The van der Waals surface area contributed by atoms with E-state index in [0.717, 1.165) is 74.3 Å². The van der Waals surface area contributed by atoms with Crippen LogP contribution >= 0.6 is 0 Å². The molecule has 41 heavy (non-hydrogen) atoms. The quantitative estimate of drug-likeness (QED) is 0.336. The molecule has 2 fully saturated rings. The first kappa shape index (κ1) is 27.4. The zero-order valence-electron chi connectivity index (χ0n) is 23.6. The van der Waals surface area contributed by atoms with E-state index in [4.69, 9.17) is 14.8 Å². The minimum atomic E-state index is -4.20. The number of methoxy groups -OCH3 is 1. The van der Waals surface area contributed by atoms with Crippen molar-refractivity contribution >= 4 is 32.7 Å². The highest BCUT2D eigenvalue weighted by atomic mass is 32.2. The molecule has 0 spiro atoms. The average Bonchev–Trinajstić information content (AvgIpc) is 3.48. The summed E-state index contributed by atoms with van der Waals surface area (Å²) in [6.45, 7) is 4.00. The molecule has 4 heterocycles. The average molecular weight is 578 g/mol. The van der Waals surface area contributed by atoms with Gasteiger partial charge in [-0.05, 0) is 56.7 Å². The van der Waals surface area contributed by atoms with E-state index in [1.807, 2.05) is 30.3 Å². The summed E-state index contributed by atoms with van der Waals surface area (Å²) >= 11 is 0. The first-order valence-electron chi connectivity index (χ1n) is 14.0. The molecule has 1 aliphatic carbocycles. The lowest BCUT2D eigenvalue weighted by Gasteiger charge is -2.34.